The average molecular weight is 160 g/mol. The lowest BCUT2D eigenvalue weighted by molar-refractivity contribution is -0.0837. The second kappa shape index (κ2) is 5.56. The van der Waals surface area contributed by atoms with E-state index in [0.29, 0.717) is 5.92 Å². The van der Waals surface area contributed by atoms with Crippen LogP contribution in [0.5, 0.6) is 0 Å². The van der Waals surface area contributed by atoms with Gasteiger partial charge in [0.25, 0.3) is 0 Å². The van der Waals surface area contributed by atoms with Gasteiger partial charge in [-0.3, -0.25) is 0 Å². The summed E-state index contributed by atoms with van der Waals surface area (Å²) in [6, 6.07) is 0. The lowest BCUT2D eigenvalue weighted by Gasteiger charge is -2.17. The van der Waals surface area contributed by atoms with Crippen molar-refractivity contribution in [3.63, 3.8) is 0 Å². The molecule has 2 heteroatoms. The van der Waals surface area contributed by atoms with Gasteiger partial charge in [-0.25, -0.2) is 0 Å². The molecule has 0 bridgehead atoms. The summed E-state index contributed by atoms with van der Waals surface area (Å²) in [7, 11) is 0. The van der Waals surface area contributed by atoms with Gasteiger partial charge in [0.05, 0.1) is 0 Å². The van der Waals surface area contributed by atoms with Crippen LogP contribution in [-0.4, -0.2) is 16.5 Å². The van der Waals surface area contributed by atoms with Crippen LogP contribution in [0.15, 0.2) is 0 Å². The molecule has 0 saturated carbocycles. The van der Waals surface area contributed by atoms with E-state index in [2.05, 4.69) is 13.8 Å². The predicted molar refractivity (Wildman–Crippen MR) is 46.1 cm³/mol. The van der Waals surface area contributed by atoms with Crippen LogP contribution in [0.2, 0.25) is 0 Å². The molecule has 0 amide bonds. The molecule has 0 aliphatic carbocycles. The van der Waals surface area contributed by atoms with E-state index in [1.807, 2.05) is 6.92 Å². The van der Waals surface area contributed by atoms with Crippen molar-refractivity contribution in [1.82, 2.24) is 0 Å². The highest BCUT2D eigenvalue weighted by Crippen LogP contribution is 2.17. The summed E-state index contributed by atoms with van der Waals surface area (Å²) >= 11 is 0. The molecule has 0 heterocycles. The van der Waals surface area contributed by atoms with Gasteiger partial charge in [0.1, 0.15) is 0 Å². The van der Waals surface area contributed by atoms with Gasteiger partial charge in [-0.15, -0.1) is 0 Å². The van der Waals surface area contributed by atoms with Crippen LogP contribution in [-0.2, 0) is 0 Å². The molecular formula is C9H20O2. The van der Waals surface area contributed by atoms with Gasteiger partial charge < -0.3 is 10.2 Å². The molecule has 2 N–H and O–H groups in total. The zero-order valence-electron chi connectivity index (χ0n) is 7.75. The van der Waals surface area contributed by atoms with Gasteiger partial charge in [-0.2, -0.15) is 0 Å². The molecule has 0 radical (unpaired) electrons. The van der Waals surface area contributed by atoms with Crippen LogP contribution in [0.25, 0.3) is 0 Å². The fourth-order valence-corrected chi connectivity index (χ4v) is 1.37. The Bertz CT molecular complexity index is 91.6. The van der Waals surface area contributed by atoms with E-state index in [1.54, 1.807) is 0 Å². The normalized spacial score (nSPS) is 16.9. The first-order valence-electron chi connectivity index (χ1n) is 4.44. The Morgan fingerprint density at radius 3 is 2.09 bits per heavy atom. The molecule has 2 unspecified atom stereocenters. The zero-order valence-corrected chi connectivity index (χ0v) is 7.75. The highest BCUT2D eigenvalue weighted by Gasteiger charge is 2.13. The number of aliphatic hydroxyl groups excluding tert-OH is 1. The summed E-state index contributed by atoms with van der Waals surface area (Å²) in [5.41, 5.74) is 0. The zero-order chi connectivity index (χ0) is 8.85. The predicted octanol–water partition coefficient (Wildman–Crippen LogP) is 1.76. The Morgan fingerprint density at radius 1 is 1.18 bits per heavy atom. The summed E-state index contributed by atoms with van der Waals surface area (Å²) in [4.78, 5) is 0. The Kier molecular flexibility index (Phi) is 5.51. The summed E-state index contributed by atoms with van der Waals surface area (Å²) in [5, 5.41) is 17.6. The highest BCUT2D eigenvalue weighted by atomic mass is 16.5. The maximum atomic E-state index is 8.79. The maximum absolute atomic E-state index is 8.79. The van der Waals surface area contributed by atoms with Gasteiger partial charge in [-0.1, -0.05) is 33.6 Å². The first-order chi connectivity index (χ1) is 5.07. The van der Waals surface area contributed by atoms with Crippen molar-refractivity contribution in [2.45, 2.75) is 46.3 Å². The number of hydrogen-bond acceptors (Lipinski definition) is 2. The fraction of sp³-hybridized carbons (Fsp3) is 1.00. The van der Waals surface area contributed by atoms with Crippen molar-refractivity contribution < 1.29 is 10.2 Å². The van der Waals surface area contributed by atoms with Crippen LogP contribution in [0, 0.1) is 11.8 Å². The third-order valence-corrected chi connectivity index (χ3v) is 2.06. The standard InChI is InChI=1S/C9H20O2/c1-4-5-7(2)6-8(3)9(10)11/h7-11H,4-6H2,1-3H3. The Morgan fingerprint density at radius 2 is 1.73 bits per heavy atom. The first-order valence-corrected chi connectivity index (χ1v) is 4.44. The van der Waals surface area contributed by atoms with Gasteiger partial charge in [-0.05, 0) is 12.3 Å². The minimum absolute atomic E-state index is 0.0107. The SMILES string of the molecule is CCCC(C)CC(C)C(O)O. The molecule has 11 heavy (non-hydrogen) atoms. The van der Waals surface area contributed by atoms with E-state index >= 15 is 0 Å². The third kappa shape index (κ3) is 5.22. The first kappa shape index (κ1) is 10.9. The van der Waals surface area contributed by atoms with Crippen molar-refractivity contribution in [3.8, 4) is 0 Å². The maximum Gasteiger partial charge on any atom is 0.154 e. The molecule has 0 aliphatic heterocycles. The molecule has 2 nitrogen and oxygen atoms in total. The molecule has 2 atom stereocenters. The van der Waals surface area contributed by atoms with E-state index in [-0.39, 0.29) is 5.92 Å². The van der Waals surface area contributed by atoms with Crippen LogP contribution >= 0.6 is 0 Å². The van der Waals surface area contributed by atoms with Crippen LogP contribution < -0.4 is 0 Å². The average Bonchev–Trinajstić information content (AvgIpc) is 1.87. The minimum Gasteiger partial charge on any atom is -0.368 e. The monoisotopic (exact) mass is 160 g/mol. The van der Waals surface area contributed by atoms with Crippen LogP contribution in [0.3, 0.4) is 0 Å². The molecule has 0 rings (SSSR count). The number of hydrogen-bond donors (Lipinski definition) is 2. The molecular weight excluding hydrogens is 140 g/mol. The second-order valence-corrected chi connectivity index (χ2v) is 3.52. The van der Waals surface area contributed by atoms with E-state index in [1.165, 1.54) is 12.8 Å². The van der Waals surface area contributed by atoms with E-state index in [9.17, 15) is 0 Å². The molecule has 0 aromatic carbocycles. The van der Waals surface area contributed by atoms with Crippen LogP contribution in [0.4, 0.5) is 0 Å². The van der Waals surface area contributed by atoms with Gasteiger partial charge >= 0.3 is 0 Å². The number of rotatable bonds is 5. The van der Waals surface area contributed by atoms with Crippen molar-refractivity contribution in [2.24, 2.45) is 11.8 Å². The fourth-order valence-electron chi connectivity index (χ4n) is 1.37. The van der Waals surface area contributed by atoms with Crippen molar-refractivity contribution >= 4 is 0 Å². The lowest BCUT2D eigenvalue weighted by Crippen LogP contribution is -2.18. The molecule has 0 fully saturated rings. The topological polar surface area (TPSA) is 40.5 Å². The summed E-state index contributed by atoms with van der Waals surface area (Å²) < 4.78 is 0. The quantitative estimate of drug-likeness (QED) is 0.602. The lowest BCUT2D eigenvalue weighted by atomic mass is 9.93. The van der Waals surface area contributed by atoms with Crippen molar-refractivity contribution in [1.29, 1.82) is 0 Å². The smallest absolute Gasteiger partial charge is 0.154 e. The summed E-state index contributed by atoms with van der Waals surface area (Å²) in [6.07, 6.45) is 2.12. The van der Waals surface area contributed by atoms with E-state index < -0.39 is 6.29 Å². The Hall–Kier alpha value is -0.0800. The second-order valence-electron chi connectivity index (χ2n) is 3.52. The number of aliphatic hydroxyl groups is 2. The Labute approximate surface area is 69.2 Å². The molecule has 0 saturated heterocycles. The Balaban J connectivity index is 3.48. The van der Waals surface area contributed by atoms with Gasteiger partial charge in [0.2, 0.25) is 0 Å². The largest absolute Gasteiger partial charge is 0.368 e. The third-order valence-electron chi connectivity index (χ3n) is 2.06. The molecule has 0 aromatic rings. The van der Waals surface area contributed by atoms with Crippen molar-refractivity contribution in [2.75, 3.05) is 0 Å². The van der Waals surface area contributed by atoms with E-state index in [0.717, 1.165) is 6.42 Å². The summed E-state index contributed by atoms with van der Waals surface area (Å²) in [5.74, 6) is 0.619. The van der Waals surface area contributed by atoms with Gasteiger partial charge in [0.15, 0.2) is 6.29 Å². The van der Waals surface area contributed by atoms with Crippen molar-refractivity contribution in [3.05, 3.63) is 0 Å². The summed E-state index contributed by atoms with van der Waals surface area (Å²) in [6.45, 7) is 6.18. The molecule has 0 aromatic heterocycles. The van der Waals surface area contributed by atoms with E-state index in [4.69, 9.17) is 10.2 Å². The van der Waals surface area contributed by atoms with Crippen LogP contribution in [0.1, 0.15) is 40.0 Å². The van der Waals surface area contributed by atoms with Gasteiger partial charge in [0, 0.05) is 5.92 Å². The highest BCUT2D eigenvalue weighted by molar-refractivity contribution is 4.60. The molecule has 0 spiro atoms. The molecule has 68 valence electrons. The molecule has 0 aliphatic rings. The minimum atomic E-state index is -1.14.